The van der Waals surface area contributed by atoms with E-state index in [1.165, 1.54) is 0 Å². The lowest BCUT2D eigenvalue weighted by atomic mass is 9.97. The normalized spacial score (nSPS) is 27.4. The van der Waals surface area contributed by atoms with Gasteiger partial charge in [-0.15, -0.1) is 0 Å². The van der Waals surface area contributed by atoms with Crippen LogP contribution in [0.4, 0.5) is 0 Å². The first-order chi connectivity index (χ1) is 23.0. The summed E-state index contributed by atoms with van der Waals surface area (Å²) in [6.45, 7) is 21.7. The van der Waals surface area contributed by atoms with Crippen molar-refractivity contribution in [3.8, 4) is 0 Å². The Morgan fingerprint density at radius 1 is 0.400 bits per heavy atom. The molecule has 0 atom stereocenters. The van der Waals surface area contributed by atoms with Crippen LogP contribution >= 0.6 is 68.3 Å². The van der Waals surface area contributed by atoms with Crippen molar-refractivity contribution in [3.63, 3.8) is 0 Å². The molecule has 0 N–H and O–H groups in total. The van der Waals surface area contributed by atoms with Crippen LogP contribution in [0.3, 0.4) is 0 Å². The van der Waals surface area contributed by atoms with E-state index in [2.05, 4.69) is 67.5 Å². The van der Waals surface area contributed by atoms with Gasteiger partial charge in [-0.05, 0) is 69.5 Å². The van der Waals surface area contributed by atoms with E-state index in [4.69, 9.17) is 83.4 Å². The largest absolute Gasteiger partial charge is 0.321 e. The third-order valence-corrected chi connectivity index (χ3v) is 28.7. The fourth-order valence-electron chi connectivity index (χ4n) is 4.57. The van der Waals surface area contributed by atoms with Gasteiger partial charge in [-0.1, -0.05) is 113 Å². The Morgan fingerprint density at radius 2 is 0.560 bits per heavy atom. The van der Waals surface area contributed by atoms with Gasteiger partial charge in [0.25, 0.3) is 0 Å². The third-order valence-electron chi connectivity index (χ3n) is 7.94. The van der Waals surface area contributed by atoms with Crippen LogP contribution in [-0.4, -0.2) is 52.9 Å². The molecule has 0 amide bonds. The van der Waals surface area contributed by atoms with Gasteiger partial charge < -0.3 is 36.2 Å². The standard InChI is InChI=1S/C30H50O8P4S8/c1-27(2)15-31-39(43,32-16-27)47-11-23-9-25(13-49-41(45)35-19-29(5,6)20-36-41)26(14-50-42(46)37-21-30(7,8)22-38-42)10-24(23)12-48-40(44)33-17-28(3,4)18-34-40/h9-10H,11-22H2,1-8H3. The van der Waals surface area contributed by atoms with Gasteiger partial charge in [0.15, 0.2) is 0 Å². The first-order valence-corrected chi connectivity index (χ1v) is 33.2. The Bertz CT molecular complexity index is 1320. The fraction of sp³-hybridized carbons (Fsp3) is 0.800. The van der Waals surface area contributed by atoms with Crippen LogP contribution < -0.4 is 0 Å². The molecule has 0 saturated carbocycles. The Kier molecular flexibility index (Phi) is 15.0. The van der Waals surface area contributed by atoms with E-state index in [1.54, 1.807) is 45.5 Å². The Labute approximate surface area is 336 Å². The molecule has 0 aliphatic carbocycles. The summed E-state index contributed by atoms with van der Waals surface area (Å²) in [5.74, 6) is 2.52. The first-order valence-electron chi connectivity index (χ1n) is 16.3. The highest BCUT2D eigenvalue weighted by Crippen LogP contribution is 2.69. The SMILES string of the molecule is CC1(C)COP(=S)(SCc2cc(CSP3(=S)OCC(C)(C)CO3)c(CSP3(=S)OCC(C)(C)CO3)cc2CSP2(=S)OCC(C)(C)CO2)OC1. The van der Waals surface area contributed by atoms with Gasteiger partial charge in [0.1, 0.15) is 0 Å². The second-order valence-corrected chi connectivity index (χ2v) is 41.4. The number of hydrogen-bond acceptors (Lipinski definition) is 16. The maximum Gasteiger partial charge on any atom is 0.247 e. The van der Waals surface area contributed by atoms with Crippen LogP contribution in [0.1, 0.15) is 77.6 Å². The second-order valence-electron chi connectivity index (χ2n) is 16.1. The highest BCUT2D eigenvalue weighted by Gasteiger charge is 2.38. The number of hydrogen-bond donors (Lipinski definition) is 0. The molecule has 4 saturated heterocycles. The van der Waals surface area contributed by atoms with E-state index < -0.39 is 22.8 Å². The molecular formula is C30H50O8P4S8. The van der Waals surface area contributed by atoms with Crippen molar-refractivity contribution in [3.05, 3.63) is 34.4 Å². The maximum absolute atomic E-state index is 6.20. The molecule has 0 spiro atoms. The lowest BCUT2D eigenvalue weighted by Crippen LogP contribution is -2.28. The predicted molar refractivity (Wildman–Crippen MR) is 232 cm³/mol. The minimum atomic E-state index is -2.51. The van der Waals surface area contributed by atoms with Crippen molar-refractivity contribution in [1.82, 2.24) is 0 Å². The average molecular weight is 919 g/mol. The van der Waals surface area contributed by atoms with Crippen LogP contribution in [0.5, 0.6) is 0 Å². The van der Waals surface area contributed by atoms with Gasteiger partial charge in [0.2, 0.25) is 22.8 Å². The molecule has 4 aliphatic rings. The molecule has 50 heavy (non-hydrogen) atoms. The second kappa shape index (κ2) is 17.0. The highest BCUT2D eigenvalue weighted by atomic mass is 32.9. The summed E-state index contributed by atoms with van der Waals surface area (Å²) in [4.78, 5) is 0. The van der Waals surface area contributed by atoms with E-state index in [1.807, 2.05) is 0 Å². The molecular weight excluding hydrogens is 869 g/mol. The van der Waals surface area contributed by atoms with Crippen molar-refractivity contribution >= 4 is 116 Å². The summed E-state index contributed by atoms with van der Waals surface area (Å²) < 4.78 is 49.6. The van der Waals surface area contributed by atoms with Crippen LogP contribution in [-0.2, 0) is 106 Å². The predicted octanol–water partition coefficient (Wildman–Crippen LogP) is 11.8. The summed E-state index contributed by atoms with van der Waals surface area (Å²) in [6, 6.07) is 4.55. The zero-order chi connectivity index (χ0) is 36.7. The van der Waals surface area contributed by atoms with Crippen molar-refractivity contribution < 1.29 is 36.2 Å². The molecule has 286 valence electrons. The van der Waals surface area contributed by atoms with Gasteiger partial charge >= 0.3 is 0 Å². The molecule has 4 fully saturated rings. The Hall–Kier alpha value is 2.90. The molecule has 4 aliphatic heterocycles. The molecule has 8 nitrogen and oxygen atoms in total. The van der Waals surface area contributed by atoms with E-state index in [9.17, 15) is 0 Å². The zero-order valence-corrected chi connectivity index (χ0v) is 40.1. The van der Waals surface area contributed by atoms with Gasteiger partial charge in [-0.3, -0.25) is 0 Å². The van der Waals surface area contributed by atoms with E-state index in [-0.39, 0.29) is 21.7 Å². The third kappa shape index (κ3) is 13.0. The van der Waals surface area contributed by atoms with Crippen LogP contribution in [0.25, 0.3) is 0 Å². The molecule has 4 heterocycles. The van der Waals surface area contributed by atoms with Crippen LogP contribution in [0, 0.1) is 21.7 Å². The lowest BCUT2D eigenvalue weighted by Gasteiger charge is -2.36. The van der Waals surface area contributed by atoms with Crippen molar-refractivity contribution in [2.75, 3.05) is 52.9 Å². The highest BCUT2D eigenvalue weighted by molar-refractivity contribution is 8.68. The van der Waals surface area contributed by atoms with Crippen molar-refractivity contribution in [2.24, 2.45) is 21.7 Å². The molecule has 0 aromatic heterocycles. The summed E-state index contributed by atoms with van der Waals surface area (Å²) in [7, 11) is 0. The summed E-state index contributed by atoms with van der Waals surface area (Å²) in [5, 5.41) is 0. The van der Waals surface area contributed by atoms with Gasteiger partial charge in [0.05, 0.1) is 52.9 Å². The zero-order valence-electron chi connectivity index (χ0n) is 30.0. The molecule has 0 bridgehead atoms. The van der Waals surface area contributed by atoms with Gasteiger partial charge in [0, 0.05) is 44.7 Å². The lowest BCUT2D eigenvalue weighted by molar-refractivity contribution is 0.0671. The molecule has 1 aromatic carbocycles. The molecule has 0 unspecified atom stereocenters. The minimum absolute atomic E-state index is 0.0571. The molecule has 20 heteroatoms. The van der Waals surface area contributed by atoms with Gasteiger partial charge in [-0.2, -0.15) is 0 Å². The smallest absolute Gasteiger partial charge is 0.247 e. The maximum atomic E-state index is 6.20. The van der Waals surface area contributed by atoms with Crippen molar-refractivity contribution in [1.29, 1.82) is 0 Å². The quantitative estimate of drug-likeness (QED) is 0.187. The van der Waals surface area contributed by atoms with E-state index in [0.29, 0.717) is 75.9 Å². The van der Waals surface area contributed by atoms with Gasteiger partial charge in [-0.25, -0.2) is 0 Å². The molecule has 1 aromatic rings. The molecule has 5 rings (SSSR count). The fourth-order valence-corrected chi connectivity index (χ4v) is 21.6. The first kappa shape index (κ1) is 44.0. The number of benzene rings is 1. The Morgan fingerprint density at radius 3 is 0.720 bits per heavy atom. The van der Waals surface area contributed by atoms with Crippen LogP contribution in [0.15, 0.2) is 12.1 Å². The number of rotatable bonds is 12. The minimum Gasteiger partial charge on any atom is -0.321 e. The summed E-state index contributed by atoms with van der Waals surface area (Å²) in [6.07, 6.45) is 0. The molecule has 0 radical (unpaired) electrons. The van der Waals surface area contributed by atoms with E-state index >= 15 is 0 Å². The van der Waals surface area contributed by atoms with Crippen LogP contribution in [0.2, 0.25) is 0 Å². The monoisotopic (exact) mass is 918 g/mol. The Balaban J connectivity index is 1.43. The van der Waals surface area contributed by atoms with E-state index in [0.717, 1.165) is 22.3 Å². The summed E-state index contributed by atoms with van der Waals surface area (Å²) in [5.41, 5.74) is -5.71. The average Bonchev–Trinajstić information content (AvgIpc) is 3.04. The topological polar surface area (TPSA) is 73.8 Å². The van der Waals surface area contributed by atoms with Crippen molar-refractivity contribution in [2.45, 2.75) is 78.4 Å². The summed E-state index contributed by atoms with van der Waals surface area (Å²) >= 11 is 30.2.